The summed E-state index contributed by atoms with van der Waals surface area (Å²) >= 11 is 0. The van der Waals surface area contributed by atoms with Gasteiger partial charge < -0.3 is 15.2 Å². The molecule has 1 fully saturated rings. The minimum Gasteiger partial charge on any atom is -0.393 e. The summed E-state index contributed by atoms with van der Waals surface area (Å²) in [7, 11) is 0. The molecular weight excluding hydrogens is 340 g/mol. The molecule has 0 aliphatic heterocycles. The zero-order chi connectivity index (χ0) is 18.5. The second-order valence-electron chi connectivity index (χ2n) is 6.57. The third-order valence-corrected chi connectivity index (χ3v) is 4.58. The van der Waals surface area contributed by atoms with E-state index in [2.05, 4.69) is 5.32 Å². The number of ether oxygens (including phenoxy) is 1. The van der Waals surface area contributed by atoms with Gasteiger partial charge in [-0.1, -0.05) is 36.4 Å². The van der Waals surface area contributed by atoms with Crippen molar-refractivity contribution in [2.75, 3.05) is 6.61 Å². The molecule has 3 rings (SSSR count). The predicted molar refractivity (Wildman–Crippen MR) is 92.1 cm³/mol. The van der Waals surface area contributed by atoms with Gasteiger partial charge >= 0.3 is 0 Å². The van der Waals surface area contributed by atoms with Gasteiger partial charge in [-0.15, -0.1) is 0 Å². The third-order valence-electron chi connectivity index (χ3n) is 4.58. The van der Waals surface area contributed by atoms with Crippen LogP contribution in [0, 0.1) is 17.6 Å². The van der Waals surface area contributed by atoms with Crippen molar-refractivity contribution in [1.29, 1.82) is 0 Å². The Balaban J connectivity index is 1.61. The number of nitrogens with one attached hydrogen (secondary N) is 1. The van der Waals surface area contributed by atoms with E-state index in [1.807, 2.05) is 30.3 Å². The highest BCUT2D eigenvalue weighted by molar-refractivity contribution is 5.77. The first-order valence-electron chi connectivity index (χ1n) is 8.57. The van der Waals surface area contributed by atoms with E-state index in [0.717, 1.165) is 11.6 Å². The first kappa shape index (κ1) is 18.5. The summed E-state index contributed by atoms with van der Waals surface area (Å²) in [5.74, 6) is -1.85. The van der Waals surface area contributed by atoms with Crippen molar-refractivity contribution in [3.05, 3.63) is 71.3 Å². The third kappa shape index (κ3) is 4.65. The van der Waals surface area contributed by atoms with E-state index in [0.29, 0.717) is 19.4 Å². The van der Waals surface area contributed by atoms with Gasteiger partial charge in [0, 0.05) is 11.6 Å². The number of hydrogen-bond donors (Lipinski definition) is 2. The number of benzene rings is 2. The molecule has 2 N–H and O–H groups in total. The van der Waals surface area contributed by atoms with E-state index >= 15 is 0 Å². The average Bonchev–Trinajstić information content (AvgIpc) is 2.59. The van der Waals surface area contributed by atoms with Crippen LogP contribution in [0.4, 0.5) is 8.78 Å². The van der Waals surface area contributed by atoms with Crippen LogP contribution in [-0.2, 0) is 16.1 Å². The molecule has 1 amide bonds. The summed E-state index contributed by atoms with van der Waals surface area (Å²) in [6, 6.07) is 12.1. The fourth-order valence-electron chi connectivity index (χ4n) is 3.16. The highest BCUT2D eigenvalue weighted by Crippen LogP contribution is 2.38. The van der Waals surface area contributed by atoms with Crippen molar-refractivity contribution in [1.82, 2.24) is 5.32 Å². The first-order valence-corrected chi connectivity index (χ1v) is 8.57. The minimum absolute atomic E-state index is 0.0944. The molecule has 0 saturated heterocycles. The average molecular weight is 361 g/mol. The van der Waals surface area contributed by atoms with E-state index in [-0.39, 0.29) is 24.0 Å². The minimum atomic E-state index is -0.707. The van der Waals surface area contributed by atoms with Crippen LogP contribution >= 0.6 is 0 Å². The lowest BCUT2D eigenvalue weighted by Crippen LogP contribution is -2.42. The number of carbonyl (C=O) groups is 1. The van der Waals surface area contributed by atoms with E-state index in [4.69, 9.17) is 4.74 Å². The molecule has 2 aromatic rings. The number of hydrogen-bond acceptors (Lipinski definition) is 3. The van der Waals surface area contributed by atoms with Gasteiger partial charge in [0.1, 0.15) is 18.2 Å². The molecule has 0 unspecified atom stereocenters. The highest BCUT2D eigenvalue weighted by Gasteiger charge is 2.36. The molecule has 1 aliphatic rings. The summed E-state index contributed by atoms with van der Waals surface area (Å²) in [5, 5.41) is 12.3. The molecule has 26 heavy (non-hydrogen) atoms. The van der Waals surface area contributed by atoms with Gasteiger partial charge in [-0.3, -0.25) is 4.79 Å². The molecule has 0 spiro atoms. The Morgan fingerprint density at radius 1 is 1.19 bits per heavy atom. The Kier molecular flexibility index (Phi) is 5.96. The molecular formula is C20H21F2NO3. The van der Waals surface area contributed by atoms with Crippen LogP contribution in [0.1, 0.15) is 30.0 Å². The number of halogens is 2. The zero-order valence-corrected chi connectivity index (χ0v) is 14.2. The zero-order valence-electron chi connectivity index (χ0n) is 14.2. The Morgan fingerprint density at radius 3 is 2.58 bits per heavy atom. The maximum absolute atomic E-state index is 14.2. The monoisotopic (exact) mass is 361 g/mol. The van der Waals surface area contributed by atoms with Crippen molar-refractivity contribution in [3.63, 3.8) is 0 Å². The molecule has 4 nitrogen and oxygen atoms in total. The predicted octanol–water partition coefficient (Wildman–Crippen LogP) is 3.11. The van der Waals surface area contributed by atoms with Gasteiger partial charge in [0.25, 0.3) is 0 Å². The summed E-state index contributed by atoms with van der Waals surface area (Å²) in [4.78, 5) is 12.2. The van der Waals surface area contributed by atoms with Gasteiger partial charge in [-0.05, 0) is 30.4 Å². The van der Waals surface area contributed by atoms with Crippen molar-refractivity contribution < 1.29 is 23.4 Å². The van der Waals surface area contributed by atoms with Crippen LogP contribution in [0.5, 0.6) is 0 Å². The van der Waals surface area contributed by atoms with Crippen LogP contribution in [-0.4, -0.2) is 23.7 Å². The van der Waals surface area contributed by atoms with Crippen LogP contribution in [0.25, 0.3) is 0 Å². The van der Waals surface area contributed by atoms with Gasteiger partial charge in [0.05, 0.1) is 18.8 Å². The fourth-order valence-corrected chi connectivity index (χ4v) is 3.16. The Labute approximate surface area is 150 Å². The lowest BCUT2D eigenvalue weighted by molar-refractivity contribution is -0.128. The SMILES string of the molecule is O=C(COCc1ccccc1)N[C@@H](c1ccc(F)cc1F)C1CC(O)C1. The molecule has 6 heteroatoms. The van der Waals surface area contributed by atoms with Gasteiger partial charge in [0.2, 0.25) is 5.91 Å². The molecule has 2 aromatic carbocycles. The van der Waals surface area contributed by atoms with Crippen molar-refractivity contribution in [2.24, 2.45) is 5.92 Å². The molecule has 0 aromatic heterocycles. The largest absolute Gasteiger partial charge is 0.393 e. The lowest BCUT2D eigenvalue weighted by Gasteiger charge is -2.38. The van der Waals surface area contributed by atoms with E-state index in [1.165, 1.54) is 12.1 Å². The van der Waals surface area contributed by atoms with Gasteiger partial charge in [-0.25, -0.2) is 8.78 Å². The smallest absolute Gasteiger partial charge is 0.246 e. The van der Waals surface area contributed by atoms with E-state index in [1.54, 1.807) is 0 Å². The summed E-state index contributed by atoms with van der Waals surface area (Å²) < 4.78 is 32.7. The fraction of sp³-hybridized carbons (Fsp3) is 0.350. The van der Waals surface area contributed by atoms with Crippen LogP contribution in [0.3, 0.4) is 0 Å². The summed E-state index contributed by atoms with van der Waals surface area (Å²) in [6.45, 7) is 0.134. The molecule has 1 atom stereocenters. The highest BCUT2D eigenvalue weighted by atomic mass is 19.1. The van der Waals surface area contributed by atoms with Crippen LogP contribution in [0.15, 0.2) is 48.5 Å². The quantitative estimate of drug-likeness (QED) is 0.797. The van der Waals surface area contributed by atoms with Crippen LogP contribution in [0.2, 0.25) is 0 Å². The Hall–Kier alpha value is -2.31. The topological polar surface area (TPSA) is 58.6 Å². The lowest BCUT2D eigenvalue weighted by atomic mass is 9.75. The Bertz CT molecular complexity index is 748. The second-order valence-corrected chi connectivity index (χ2v) is 6.57. The van der Waals surface area contributed by atoms with E-state index < -0.39 is 23.8 Å². The molecule has 0 heterocycles. The first-order chi connectivity index (χ1) is 12.5. The standard InChI is InChI=1S/C20H21F2NO3/c21-15-6-7-17(18(22)10-15)20(14-8-16(24)9-14)23-19(25)12-26-11-13-4-2-1-3-5-13/h1-7,10,14,16,20,24H,8-9,11-12H2,(H,23,25)/t14?,16?,20-/m1/s1. The molecule has 0 radical (unpaired) electrons. The van der Waals surface area contributed by atoms with Crippen molar-refractivity contribution in [2.45, 2.75) is 31.6 Å². The molecule has 0 bridgehead atoms. The van der Waals surface area contributed by atoms with Crippen molar-refractivity contribution in [3.8, 4) is 0 Å². The van der Waals surface area contributed by atoms with Gasteiger partial charge in [-0.2, -0.15) is 0 Å². The molecule has 138 valence electrons. The molecule has 1 aliphatic carbocycles. The number of aliphatic hydroxyl groups is 1. The van der Waals surface area contributed by atoms with Gasteiger partial charge in [0.15, 0.2) is 0 Å². The number of aliphatic hydroxyl groups excluding tert-OH is 1. The molecule has 1 saturated carbocycles. The second kappa shape index (κ2) is 8.38. The number of amides is 1. The van der Waals surface area contributed by atoms with Crippen LogP contribution < -0.4 is 5.32 Å². The maximum atomic E-state index is 14.2. The Morgan fingerprint density at radius 2 is 1.92 bits per heavy atom. The number of rotatable bonds is 7. The normalized spacial score (nSPS) is 20.3. The van der Waals surface area contributed by atoms with Crippen molar-refractivity contribution >= 4 is 5.91 Å². The summed E-state index contributed by atoms with van der Waals surface area (Å²) in [5.41, 5.74) is 1.17. The number of carbonyl (C=O) groups excluding carboxylic acids is 1. The van der Waals surface area contributed by atoms with E-state index in [9.17, 15) is 18.7 Å². The summed E-state index contributed by atoms with van der Waals surface area (Å²) in [6.07, 6.45) is 0.483. The maximum Gasteiger partial charge on any atom is 0.246 e.